The van der Waals surface area contributed by atoms with Crippen molar-refractivity contribution >= 4 is 16.8 Å². The predicted molar refractivity (Wildman–Crippen MR) is 104 cm³/mol. The van der Waals surface area contributed by atoms with Crippen LogP contribution in [0.2, 0.25) is 0 Å². The zero-order chi connectivity index (χ0) is 18.0. The fourth-order valence-corrected chi connectivity index (χ4v) is 3.66. The molecule has 2 heterocycles. The molecule has 0 radical (unpaired) electrons. The topological polar surface area (TPSA) is 48.1 Å². The molecule has 1 saturated heterocycles. The maximum Gasteiger partial charge on any atom is 0.243 e. The second-order valence-electron chi connectivity index (χ2n) is 7.63. The molecule has 2 aromatic rings. The summed E-state index contributed by atoms with van der Waals surface area (Å²) < 4.78 is 0. The Balaban J connectivity index is 1.57. The fraction of sp³-hybridized carbons (Fsp3) is 0.476. The average Bonchev–Trinajstić information content (AvgIpc) is 3.11. The lowest BCUT2D eigenvalue weighted by atomic mass is 10.1. The van der Waals surface area contributed by atoms with Crippen LogP contribution >= 0.6 is 0 Å². The second kappa shape index (κ2) is 7.44. The third kappa shape index (κ3) is 4.31. The molecular weight excluding hydrogens is 310 g/mol. The summed E-state index contributed by atoms with van der Waals surface area (Å²) in [6.07, 6.45) is 2.82. The highest BCUT2D eigenvalue weighted by atomic mass is 16.1. The Hall–Kier alpha value is -2.07. The molecule has 1 aliphatic heterocycles. The quantitative estimate of drug-likeness (QED) is 0.816. The van der Waals surface area contributed by atoms with Gasteiger partial charge in [0.05, 0.1) is 0 Å². The number of H-pyrrole nitrogens is 1. The first-order valence-corrected chi connectivity index (χ1v) is 9.15. The number of fused-ring (bicyclic) bond motifs is 1. The number of rotatable bonds is 5. The molecule has 1 amide bonds. The first kappa shape index (κ1) is 17.7. The summed E-state index contributed by atoms with van der Waals surface area (Å²) in [5, 5.41) is 4.36. The van der Waals surface area contributed by atoms with Crippen molar-refractivity contribution in [2.24, 2.45) is 5.92 Å². The van der Waals surface area contributed by atoms with E-state index < -0.39 is 0 Å². The maximum absolute atomic E-state index is 11.7. The highest BCUT2D eigenvalue weighted by molar-refractivity contribution is 5.88. The molecule has 1 fully saturated rings. The van der Waals surface area contributed by atoms with Gasteiger partial charge in [-0.15, -0.1) is 0 Å². The highest BCUT2D eigenvalue weighted by Crippen LogP contribution is 2.25. The van der Waals surface area contributed by atoms with E-state index in [0.717, 1.165) is 38.2 Å². The summed E-state index contributed by atoms with van der Waals surface area (Å²) in [4.78, 5) is 17.8. The molecule has 1 atom stereocenters. The Morgan fingerprint density at radius 1 is 1.36 bits per heavy atom. The fourth-order valence-electron chi connectivity index (χ4n) is 3.66. The van der Waals surface area contributed by atoms with Gasteiger partial charge in [0.2, 0.25) is 5.91 Å². The molecule has 134 valence electrons. The number of hydrogen-bond acceptors (Lipinski definition) is 2. The summed E-state index contributed by atoms with van der Waals surface area (Å²) in [5.41, 5.74) is 6.24. The van der Waals surface area contributed by atoms with Gasteiger partial charge in [0.25, 0.3) is 0 Å². The Kier molecular flexibility index (Phi) is 5.28. The standard InChI is InChI=1S/C21H29N3O/c1-14(2)9-21(25)22-11-17-7-8-24(12-17)13-20-16(4)18-10-15(3)5-6-19(18)23-20/h5-6,9-10,17,23H,7-8,11-13H2,1-4H3,(H,22,25)/t17-/m1/s1. The predicted octanol–water partition coefficient (Wildman–Crippen LogP) is 3.69. The minimum absolute atomic E-state index is 0.0280. The Morgan fingerprint density at radius 3 is 2.92 bits per heavy atom. The van der Waals surface area contributed by atoms with E-state index in [9.17, 15) is 4.79 Å². The third-order valence-electron chi connectivity index (χ3n) is 5.05. The van der Waals surface area contributed by atoms with Crippen LogP contribution in [0.15, 0.2) is 29.8 Å². The lowest BCUT2D eigenvalue weighted by Crippen LogP contribution is -2.30. The van der Waals surface area contributed by atoms with Crippen LogP contribution < -0.4 is 5.32 Å². The van der Waals surface area contributed by atoms with E-state index >= 15 is 0 Å². The molecule has 1 aromatic heterocycles. The van der Waals surface area contributed by atoms with Crippen LogP contribution in [-0.4, -0.2) is 35.4 Å². The van der Waals surface area contributed by atoms with Gasteiger partial charge in [-0.05, 0) is 64.3 Å². The third-order valence-corrected chi connectivity index (χ3v) is 5.05. The lowest BCUT2D eigenvalue weighted by molar-refractivity contribution is -0.116. The van der Waals surface area contributed by atoms with Crippen LogP contribution in [0, 0.1) is 19.8 Å². The normalized spacial score (nSPS) is 17.8. The van der Waals surface area contributed by atoms with Gasteiger partial charge in [0.15, 0.2) is 0 Å². The number of nitrogens with zero attached hydrogens (tertiary/aromatic N) is 1. The molecule has 3 rings (SSSR count). The number of aromatic amines is 1. The number of aryl methyl sites for hydroxylation is 2. The molecule has 1 aliphatic rings. The van der Waals surface area contributed by atoms with Crippen LogP contribution in [0.1, 0.15) is 37.1 Å². The van der Waals surface area contributed by atoms with Crippen LogP contribution in [0.3, 0.4) is 0 Å². The summed E-state index contributed by atoms with van der Waals surface area (Å²) in [6.45, 7) is 12.1. The molecule has 1 aromatic carbocycles. The van der Waals surface area contributed by atoms with Crippen molar-refractivity contribution in [2.75, 3.05) is 19.6 Å². The van der Waals surface area contributed by atoms with E-state index in [1.54, 1.807) is 6.08 Å². The smallest absolute Gasteiger partial charge is 0.243 e. The SMILES string of the molecule is CC(C)=CC(=O)NC[C@H]1CCN(Cc2[nH]c3ccc(C)cc3c2C)C1. The van der Waals surface area contributed by atoms with Gasteiger partial charge in [-0.3, -0.25) is 9.69 Å². The maximum atomic E-state index is 11.7. The van der Waals surface area contributed by atoms with Gasteiger partial charge in [0, 0.05) is 42.3 Å². The van der Waals surface area contributed by atoms with Gasteiger partial charge in [-0.2, -0.15) is 0 Å². The van der Waals surface area contributed by atoms with E-state index in [4.69, 9.17) is 0 Å². The number of carbonyl (C=O) groups is 1. The van der Waals surface area contributed by atoms with Crippen molar-refractivity contribution in [1.82, 2.24) is 15.2 Å². The molecule has 4 heteroatoms. The molecule has 2 N–H and O–H groups in total. The number of carbonyl (C=O) groups excluding carboxylic acids is 1. The molecule has 0 saturated carbocycles. The summed E-state index contributed by atoms with van der Waals surface area (Å²) in [7, 11) is 0. The molecule has 4 nitrogen and oxygen atoms in total. The first-order chi connectivity index (χ1) is 11.9. The number of hydrogen-bond donors (Lipinski definition) is 2. The summed E-state index contributed by atoms with van der Waals surface area (Å²) in [6, 6.07) is 6.59. The van der Waals surface area contributed by atoms with Crippen molar-refractivity contribution in [3.8, 4) is 0 Å². The largest absolute Gasteiger partial charge is 0.357 e. The summed E-state index contributed by atoms with van der Waals surface area (Å²) >= 11 is 0. The number of allylic oxidation sites excluding steroid dienone is 1. The Labute approximate surface area is 150 Å². The van der Waals surface area contributed by atoms with E-state index in [0.29, 0.717) is 5.92 Å². The van der Waals surface area contributed by atoms with Crippen LogP contribution in [0.25, 0.3) is 10.9 Å². The molecular formula is C21H29N3O. The van der Waals surface area contributed by atoms with Crippen molar-refractivity contribution in [3.63, 3.8) is 0 Å². The number of benzene rings is 1. The molecule has 0 unspecified atom stereocenters. The Morgan fingerprint density at radius 2 is 2.16 bits per heavy atom. The van der Waals surface area contributed by atoms with Gasteiger partial charge in [0.1, 0.15) is 0 Å². The number of amides is 1. The van der Waals surface area contributed by atoms with E-state index in [1.165, 1.54) is 27.7 Å². The zero-order valence-corrected chi connectivity index (χ0v) is 15.8. The van der Waals surface area contributed by atoms with Crippen molar-refractivity contribution in [2.45, 2.75) is 40.7 Å². The number of aromatic nitrogens is 1. The zero-order valence-electron chi connectivity index (χ0n) is 15.8. The summed E-state index contributed by atoms with van der Waals surface area (Å²) in [5.74, 6) is 0.571. The van der Waals surface area contributed by atoms with Crippen molar-refractivity contribution < 1.29 is 4.79 Å². The van der Waals surface area contributed by atoms with Crippen LogP contribution in [0.4, 0.5) is 0 Å². The first-order valence-electron chi connectivity index (χ1n) is 9.15. The van der Waals surface area contributed by atoms with Gasteiger partial charge >= 0.3 is 0 Å². The van der Waals surface area contributed by atoms with E-state index in [-0.39, 0.29) is 5.91 Å². The van der Waals surface area contributed by atoms with E-state index in [1.807, 2.05) is 13.8 Å². The minimum Gasteiger partial charge on any atom is -0.357 e. The molecule has 0 bridgehead atoms. The molecule has 0 spiro atoms. The van der Waals surface area contributed by atoms with Crippen LogP contribution in [-0.2, 0) is 11.3 Å². The molecule has 0 aliphatic carbocycles. The van der Waals surface area contributed by atoms with Gasteiger partial charge in [-0.1, -0.05) is 17.2 Å². The molecule has 25 heavy (non-hydrogen) atoms. The van der Waals surface area contributed by atoms with E-state index in [2.05, 4.69) is 47.2 Å². The van der Waals surface area contributed by atoms with Crippen LogP contribution in [0.5, 0.6) is 0 Å². The van der Waals surface area contributed by atoms with Gasteiger partial charge < -0.3 is 10.3 Å². The van der Waals surface area contributed by atoms with Crippen molar-refractivity contribution in [1.29, 1.82) is 0 Å². The average molecular weight is 339 g/mol. The Bertz CT molecular complexity index is 799. The minimum atomic E-state index is 0.0280. The highest BCUT2D eigenvalue weighted by Gasteiger charge is 2.23. The number of nitrogens with one attached hydrogen (secondary N) is 2. The number of likely N-dealkylation sites (tertiary alicyclic amines) is 1. The van der Waals surface area contributed by atoms with Gasteiger partial charge in [-0.25, -0.2) is 0 Å². The van der Waals surface area contributed by atoms with Crippen molar-refractivity contribution in [3.05, 3.63) is 46.7 Å². The second-order valence-corrected chi connectivity index (χ2v) is 7.63. The lowest BCUT2D eigenvalue weighted by Gasteiger charge is -2.16. The monoisotopic (exact) mass is 339 g/mol.